The van der Waals surface area contributed by atoms with Crippen molar-refractivity contribution in [3.05, 3.63) is 0 Å². The minimum atomic E-state index is -4.40. The number of aliphatic carboxylic acids is 1. The fourth-order valence-electron chi connectivity index (χ4n) is 1.51. The number of hydrogen-bond donors (Lipinski definition) is 2. The summed E-state index contributed by atoms with van der Waals surface area (Å²) in [5, 5.41) is 11.2. The average molecular weight is 197 g/mol. The highest BCUT2D eigenvalue weighted by Crippen LogP contribution is 2.35. The van der Waals surface area contributed by atoms with Crippen LogP contribution in [0.25, 0.3) is 0 Å². The van der Waals surface area contributed by atoms with Gasteiger partial charge in [-0.25, -0.2) is 0 Å². The van der Waals surface area contributed by atoms with E-state index >= 15 is 0 Å². The summed E-state index contributed by atoms with van der Waals surface area (Å²) >= 11 is 0. The van der Waals surface area contributed by atoms with Gasteiger partial charge in [0.05, 0.1) is 11.8 Å². The van der Waals surface area contributed by atoms with E-state index in [1.54, 1.807) is 0 Å². The summed E-state index contributed by atoms with van der Waals surface area (Å²) in [4.78, 5) is 10.5. The average Bonchev–Trinajstić information content (AvgIpc) is 2.03. The van der Waals surface area contributed by atoms with Crippen LogP contribution in [-0.2, 0) is 4.79 Å². The Morgan fingerprint density at radius 2 is 2.08 bits per heavy atom. The summed E-state index contributed by atoms with van der Waals surface area (Å²) in [5.41, 5.74) is 0. The third-order valence-corrected chi connectivity index (χ3v) is 2.22. The van der Waals surface area contributed by atoms with Crippen LogP contribution in [0.2, 0.25) is 0 Å². The molecule has 0 aromatic heterocycles. The third-order valence-electron chi connectivity index (χ3n) is 2.22. The van der Waals surface area contributed by atoms with Crippen molar-refractivity contribution in [3.63, 3.8) is 0 Å². The Balaban J connectivity index is 2.73. The van der Waals surface area contributed by atoms with Crippen LogP contribution in [0.3, 0.4) is 0 Å². The van der Waals surface area contributed by atoms with Crippen LogP contribution in [0.1, 0.15) is 6.42 Å². The number of rotatable bonds is 1. The quantitative estimate of drug-likeness (QED) is 0.655. The summed E-state index contributed by atoms with van der Waals surface area (Å²) in [6.07, 6.45) is -4.55. The first-order valence-corrected chi connectivity index (χ1v) is 3.93. The van der Waals surface area contributed by atoms with Gasteiger partial charge in [0.1, 0.15) is 0 Å². The molecule has 0 unspecified atom stereocenters. The first kappa shape index (κ1) is 10.3. The van der Waals surface area contributed by atoms with Crippen molar-refractivity contribution in [1.82, 2.24) is 5.32 Å². The predicted octanol–water partition coefficient (Wildman–Crippen LogP) is 0.859. The fraction of sp³-hybridized carbons (Fsp3) is 0.857. The molecule has 2 atom stereocenters. The second-order valence-electron chi connectivity index (χ2n) is 3.09. The number of piperidine rings is 1. The standard InChI is InChI=1S/C7H10F3NO2/c8-7(9,10)5-1-2-11-3-4(5)6(12)13/h4-5,11H,1-3H2,(H,12,13)/t4-,5+/m1/s1. The van der Waals surface area contributed by atoms with Crippen molar-refractivity contribution >= 4 is 5.97 Å². The number of nitrogens with one attached hydrogen (secondary N) is 1. The third kappa shape index (κ3) is 2.33. The van der Waals surface area contributed by atoms with Crippen molar-refractivity contribution < 1.29 is 23.1 Å². The normalized spacial score (nSPS) is 30.1. The van der Waals surface area contributed by atoms with E-state index in [0.29, 0.717) is 0 Å². The number of hydrogen-bond acceptors (Lipinski definition) is 2. The SMILES string of the molecule is O=C(O)[C@@H]1CNCC[C@@H]1C(F)(F)F. The Kier molecular flexibility index (Phi) is 2.80. The van der Waals surface area contributed by atoms with Gasteiger partial charge in [-0.15, -0.1) is 0 Å². The van der Waals surface area contributed by atoms with Gasteiger partial charge >= 0.3 is 12.1 Å². The number of carbonyl (C=O) groups is 1. The summed E-state index contributed by atoms with van der Waals surface area (Å²) in [5.74, 6) is -4.42. The summed E-state index contributed by atoms with van der Waals surface area (Å²) < 4.78 is 36.8. The van der Waals surface area contributed by atoms with Crippen molar-refractivity contribution in [2.75, 3.05) is 13.1 Å². The number of alkyl halides is 3. The molecule has 0 aromatic rings. The molecule has 0 aliphatic carbocycles. The van der Waals surface area contributed by atoms with E-state index < -0.39 is 24.0 Å². The maximum atomic E-state index is 12.3. The van der Waals surface area contributed by atoms with Gasteiger partial charge in [0.15, 0.2) is 0 Å². The Labute approximate surface area is 72.9 Å². The highest BCUT2D eigenvalue weighted by Gasteiger charge is 2.48. The van der Waals surface area contributed by atoms with Crippen molar-refractivity contribution in [3.8, 4) is 0 Å². The zero-order chi connectivity index (χ0) is 10.1. The Morgan fingerprint density at radius 3 is 2.46 bits per heavy atom. The topological polar surface area (TPSA) is 49.3 Å². The molecular formula is C7H10F3NO2. The minimum absolute atomic E-state index is 0.0977. The molecule has 3 nitrogen and oxygen atoms in total. The van der Waals surface area contributed by atoms with Crippen LogP contribution in [-0.4, -0.2) is 30.3 Å². The second kappa shape index (κ2) is 3.53. The smallest absolute Gasteiger partial charge is 0.392 e. The molecule has 1 aliphatic heterocycles. The van der Waals surface area contributed by atoms with E-state index in [9.17, 15) is 18.0 Å². The highest BCUT2D eigenvalue weighted by molar-refractivity contribution is 5.71. The fourth-order valence-corrected chi connectivity index (χ4v) is 1.51. The molecule has 1 saturated heterocycles. The van der Waals surface area contributed by atoms with Crippen LogP contribution in [0.4, 0.5) is 13.2 Å². The van der Waals surface area contributed by atoms with Crippen molar-refractivity contribution in [2.24, 2.45) is 11.8 Å². The lowest BCUT2D eigenvalue weighted by Gasteiger charge is -2.30. The molecule has 1 rings (SSSR count). The Hall–Kier alpha value is -0.780. The molecule has 76 valence electrons. The van der Waals surface area contributed by atoms with E-state index in [-0.39, 0.29) is 19.5 Å². The van der Waals surface area contributed by atoms with Gasteiger partial charge in [0.25, 0.3) is 0 Å². The molecule has 0 amide bonds. The zero-order valence-corrected chi connectivity index (χ0v) is 6.77. The number of carboxylic acids is 1. The van der Waals surface area contributed by atoms with Gasteiger partial charge in [0.2, 0.25) is 0 Å². The first-order chi connectivity index (χ1) is 5.93. The van der Waals surface area contributed by atoms with Crippen LogP contribution < -0.4 is 5.32 Å². The largest absolute Gasteiger partial charge is 0.481 e. The van der Waals surface area contributed by atoms with Crippen LogP contribution in [0.15, 0.2) is 0 Å². The van der Waals surface area contributed by atoms with Gasteiger partial charge in [-0.2, -0.15) is 13.2 Å². The van der Waals surface area contributed by atoms with E-state index in [4.69, 9.17) is 5.11 Å². The monoisotopic (exact) mass is 197 g/mol. The molecule has 0 radical (unpaired) electrons. The number of carboxylic acid groups (broad SMARTS) is 1. The van der Waals surface area contributed by atoms with E-state index in [0.717, 1.165) is 0 Å². The lowest BCUT2D eigenvalue weighted by molar-refractivity contribution is -0.201. The molecule has 0 aromatic carbocycles. The number of halogens is 3. The molecule has 0 spiro atoms. The Bertz CT molecular complexity index is 204. The maximum absolute atomic E-state index is 12.3. The maximum Gasteiger partial charge on any atom is 0.392 e. The van der Waals surface area contributed by atoms with E-state index in [1.807, 2.05) is 0 Å². The molecule has 0 saturated carbocycles. The van der Waals surface area contributed by atoms with Gasteiger partial charge in [-0.05, 0) is 13.0 Å². The lowest BCUT2D eigenvalue weighted by Crippen LogP contribution is -2.46. The molecule has 2 N–H and O–H groups in total. The lowest BCUT2D eigenvalue weighted by atomic mass is 9.86. The molecule has 0 bridgehead atoms. The van der Waals surface area contributed by atoms with Gasteiger partial charge < -0.3 is 10.4 Å². The molecular weight excluding hydrogens is 187 g/mol. The molecule has 1 heterocycles. The molecule has 1 aliphatic rings. The van der Waals surface area contributed by atoms with E-state index in [1.165, 1.54) is 0 Å². The van der Waals surface area contributed by atoms with Gasteiger partial charge in [-0.3, -0.25) is 4.79 Å². The molecule has 1 fully saturated rings. The van der Waals surface area contributed by atoms with Crippen molar-refractivity contribution in [2.45, 2.75) is 12.6 Å². The summed E-state index contributed by atoms with van der Waals surface area (Å²) in [6, 6.07) is 0. The summed E-state index contributed by atoms with van der Waals surface area (Å²) in [7, 11) is 0. The van der Waals surface area contributed by atoms with E-state index in [2.05, 4.69) is 5.32 Å². The minimum Gasteiger partial charge on any atom is -0.481 e. The van der Waals surface area contributed by atoms with Crippen LogP contribution in [0.5, 0.6) is 0 Å². The van der Waals surface area contributed by atoms with Gasteiger partial charge in [-0.1, -0.05) is 0 Å². The second-order valence-corrected chi connectivity index (χ2v) is 3.09. The zero-order valence-electron chi connectivity index (χ0n) is 6.77. The Morgan fingerprint density at radius 1 is 1.46 bits per heavy atom. The van der Waals surface area contributed by atoms with Gasteiger partial charge in [0, 0.05) is 6.54 Å². The predicted molar refractivity (Wildman–Crippen MR) is 38.2 cm³/mol. The first-order valence-electron chi connectivity index (χ1n) is 3.93. The van der Waals surface area contributed by atoms with Crippen LogP contribution in [0, 0.1) is 11.8 Å². The van der Waals surface area contributed by atoms with Crippen molar-refractivity contribution in [1.29, 1.82) is 0 Å². The summed E-state index contributed by atoms with van der Waals surface area (Å²) in [6.45, 7) is 0.132. The molecule has 13 heavy (non-hydrogen) atoms. The highest BCUT2D eigenvalue weighted by atomic mass is 19.4. The molecule has 6 heteroatoms. The van der Waals surface area contributed by atoms with Crippen LogP contribution >= 0.6 is 0 Å².